The minimum Gasteiger partial charge on any atom is -0.332 e. The molecule has 0 saturated carbocycles. The normalized spacial score (nSPS) is 17.7. The second-order valence-corrected chi connectivity index (χ2v) is 3.40. The van der Waals surface area contributed by atoms with Crippen molar-refractivity contribution < 1.29 is 9.47 Å². The van der Waals surface area contributed by atoms with Gasteiger partial charge in [0, 0.05) is 0 Å². The zero-order valence-electron chi connectivity index (χ0n) is 7.63. The molecule has 0 amide bonds. The Morgan fingerprint density at radius 3 is 2.87 bits per heavy atom. The van der Waals surface area contributed by atoms with Crippen LogP contribution in [0.3, 0.4) is 0 Å². The van der Waals surface area contributed by atoms with Gasteiger partial charge < -0.3 is 9.47 Å². The lowest BCUT2D eigenvalue weighted by atomic mass is 10.5. The third-order valence-electron chi connectivity index (χ3n) is 2.15. The number of ether oxygens (including phenoxy) is 2. The van der Waals surface area contributed by atoms with Gasteiger partial charge in [-0.1, -0.05) is 11.6 Å². The van der Waals surface area contributed by atoms with Crippen molar-refractivity contribution >= 4 is 22.8 Å². The van der Waals surface area contributed by atoms with Crippen molar-refractivity contribution in [3.63, 3.8) is 0 Å². The number of hydrogen-bond donors (Lipinski definition) is 0. The summed E-state index contributed by atoms with van der Waals surface area (Å²) in [4.78, 5) is 12.0. The van der Waals surface area contributed by atoms with E-state index < -0.39 is 6.41 Å². The standard InChI is InChI=1S/C8H7ClN4O2/c9-6-5-7(11-3-10-6)13(4-12-5)8-14-1-2-15-8/h3-4,8H,1-2H2. The molecule has 0 radical (unpaired) electrons. The van der Waals surface area contributed by atoms with Crippen molar-refractivity contribution in [3.8, 4) is 0 Å². The average molecular weight is 227 g/mol. The van der Waals surface area contributed by atoms with E-state index in [0.717, 1.165) is 0 Å². The molecule has 0 atom stereocenters. The maximum Gasteiger partial charge on any atom is 0.246 e. The molecule has 0 bridgehead atoms. The summed E-state index contributed by atoms with van der Waals surface area (Å²) in [6.07, 6.45) is 2.51. The van der Waals surface area contributed by atoms with Gasteiger partial charge in [0.15, 0.2) is 10.8 Å². The summed E-state index contributed by atoms with van der Waals surface area (Å²) in [7, 11) is 0. The average Bonchev–Trinajstić information content (AvgIpc) is 2.85. The Bertz CT molecular complexity index is 494. The summed E-state index contributed by atoms with van der Waals surface area (Å²) in [5.74, 6) is 0. The monoisotopic (exact) mass is 226 g/mol. The van der Waals surface area contributed by atoms with Crippen LogP contribution in [0.15, 0.2) is 12.7 Å². The van der Waals surface area contributed by atoms with Crippen molar-refractivity contribution in [1.29, 1.82) is 0 Å². The topological polar surface area (TPSA) is 62.1 Å². The maximum atomic E-state index is 5.87. The fraction of sp³-hybridized carbons (Fsp3) is 0.375. The molecule has 15 heavy (non-hydrogen) atoms. The predicted octanol–water partition coefficient (Wildman–Crippen LogP) is 0.983. The molecule has 7 heteroatoms. The second-order valence-electron chi connectivity index (χ2n) is 3.04. The summed E-state index contributed by atoms with van der Waals surface area (Å²) >= 11 is 5.87. The van der Waals surface area contributed by atoms with Gasteiger partial charge in [0.25, 0.3) is 0 Å². The number of rotatable bonds is 1. The number of fused-ring (bicyclic) bond motifs is 1. The Kier molecular flexibility index (Phi) is 2.05. The van der Waals surface area contributed by atoms with Gasteiger partial charge >= 0.3 is 0 Å². The first-order valence-corrected chi connectivity index (χ1v) is 4.80. The molecule has 1 aliphatic heterocycles. The van der Waals surface area contributed by atoms with Crippen LogP contribution >= 0.6 is 11.6 Å². The van der Waals surface area contributed by atoms with Crippen LogP contribution in [0.5, 0.6) is 0 Å². The summed E-state index contributed by atoms with van der Waals surface area (Å²) in [6, 6.07) is 0. The summed E-state index contributed by atoms with van der Waals surface area (Å²) in [5.41, 5.74) is 1.17. The first kappa shape index (κ1) is 9.02. The van der Waals surface area contributed by atoms with E-state index in [0.29, 0.717) is 29.5 Å². The molecular weight excluding hydrogens is 220 g/mol. The van der Waals surface area contributed by atoms with Crippen LogP contribution in [0.2, 0.25) is 5.15 Å². The van der Waals surface area contributed by atoms with Crippen LogP contribution in [-0.4, -0.2) is 32.7 Å². The number of aromatic nitrogens is 4. The Morgan fingerprint density at radius 2 is 2.07 bits per heavy atom. The molecule has 78 valence electrons. The number of nitrogens with zero attached hydrogens (tertiary/aromatic N) is 4. The lowest BCUT2D eigenvalue weighted by Gasteiger charge is -2.09. The van der Waals surface area contributed by atoms with Crippen LogP contribution in [0.25, 0.3) is 11.2 Å². The predicted molar refractivity (Wildman–Crippen MR) is 51.3 cm³/mol. The van der Waals surface area contributed by atoms with Crippen LogP contribution < -0.4 is 0 Å². The van der Waals surface area contributed by atoms with Crippen LogP contribution in [-0.2, 0) is 9.47 Å². The smallest absolute Gasteiger partial charge is 0.246 e. The van der Waals surface area contributed by atoms with Crippen molar-refractivity contribution in [2.24, 2.45) is 0 Å². The van der Waals surface area contributed by atoms with Crippen LogP contribution in [0.4, 0.5) is 0 Å². The molecule has 0 aliphatic carbocycles. The van der Waals surface area contributed by atoms with E-state index in [-0.39, 0.29) is 0 Å². The van der Waals surface area contributed by atoms with Gasteiger partial charge in [0.1, 0.15) is 18.2 Å². The Morgan fingerprint density at radius 1 is 1.27 bits per heavy atom. The molecule has 2 aromatic rings. The number of imidazole rings is 1. The summed E-state index contributed by atoms with van der Waals surface area (Å²) < 4.78 is 12.4. The number of hydrogen-bond acceptors (Lipinski definition) is 5. The molecule has 3 heterocycles. The van der Waals surface area contributed by atoms with Gasteiger partial charge in [-0.25, -0.2) is 15.0 Å². The zero-order chi connectivity index (χ0) is 10.3. The highest BCUT2D eigenvalue weighted by atomic mass is 35.5. The first-order valence-electron chi connectivity index (χ1n) is 4.42. The van der Waals surface area contributed by atoms with Gasteiger partial charge in [-0.3, -0.25) is 4.57 Å². The van der Waals surface area contributed by atoms with E-state index in [9.17, 15) is 0 Å². The van der Waals surface area contributed by atoms with Crippen LogP contribution in [0, 0.1) is 0 Å². The van der Waals surface area contributed by atoms with E-state index in [1.807, 2.05) is 0 Å². The zero-order valence-corrected chi connectivity index (χ0v) is 8.39. The van der Waals surface area contributed by atoms with E-state index in [4.69, 9.17) is 21.1 Å². The molecule has 0 aromatic carbocycles. The molecule has 6 nitrogen and oxygen atoms in total. The number of halogens is 1. The van der Waals surface area contributed by atoms with Crippen molar-refractivity contribution in [2.75, 3.05) is 13.2 Å². The molecular formula is C8H7ClN4O2. The SMILES string of the molecule is Clc1ncnc2c1ncn2C1OCCO1. The Balaban J connectivity index is 2.15. The largest absolute Gasteiger partial charge is 0.332 e. The summed E-state index contributed by atoms with van der Waals surface area (Å²) in [6.45, 7) is 1.15. The van der Waals surface area contributed by atoms with Crippen molar-refractivity contribution in [3.05, 3.63) is 17.8 Å². The van der Waals surface area contributed by atoms with E-state index in [1.165, 1.54) is 6.33 Å². The fourth-order valence-electron chi connectivity index (χ4n) is 1.48. The second kappa shape index (κ2) is 3.41. The third kappa shape index (κ3) is 1.38. The minimum absolute atomic E-state index is 0.330. The minimum atomic E-state index is -0.457. The maximum absolute atomic E-state index is 5.87. The van der Waals surface area contributed by atoms with Gasteiger partial charge in [-0.2, -0.15) is 0 Å². The molecule has 1 saturated heterocycles. The van der Waals surface area contributed by atoms with E-state index in [2.05, 4.69) is 15.0 Å². The molecule has 0 unspecified atom stereocenters. The molecule has 1 aliphatic rings. The molecule has 0 spiro atoms. The first-order chi connectivity index (χ1) is 7.36. The highest BCUT2D eigenvalue weighted by Crippen LogP contribution is 2.23. The molecule has 3 rings (SSSR count). The Labute approximate surface area is 89.8 Å². The van der Waals surface area contributed by atoms with Gasteiger partial charge in [-0.05, 0) is 0 Å². The highest BCUT2D eigenvalue weighted by molar-refractivity contribution is 6.33. The van der Waals surface area contributed by atoms with Gasteiger partial charge in [-0.15, -0.1) is 0 Å². The Hall–Kier alpha value is -1.24. The molecule has 2 aromatic heterocycles. The molecule has 1 fully saturated rings. The lowest BCUT2D eigenvalue weighted by Crippen LogP contribution is -2.08. The highest BCUT2D eigenvalue weighted by Gasteiger charge is 2.21. The summed E-state index contributed by atoms with van der Waals surface area (Å²) in [5, 5.41) is 0.330. The lowest BCUT2D eigenvalue weighted by molar-refractivity contribution is -0.0984. The fourth-order valence-corrected chi connectivity index (χ4v) is 1.66. The quantitative estimate of drug-likeness (QED) is 0.679. The molecule has 0 N–H and O–H groups in total. The van der Waals surface area contributed by atoms with Gasteiger partial charge in [0.2, 0.25) is 6.41 Å². The van der Waals surface area contributed by atoms with Gasteiger partial charge in [0.05, 0.1) is 13.2 Å². The van der Waals surface area contributed by atoms with Crippen LogP contribution in [0.1, 0.15) is 6.41 Å². The third-order valence-corrected chi connectivity index (χ3v) is 2.42. The van der Waals surface area contributed by atoms with Crippen molar-refractivity contribution in [1.82, 2.24) is 19.5 Å². The van der Waals surface area contributed by atoms with E-state index in [1.54, 1.807) is 10.9 Å². The van der Waals surface area contributed by atoms with Crippen molar-refractivity contribution in [2.45, 2.75) is 6.41 Å². The van der Waals surface area contributed by atoms with E-state index >= 15 is 0 Å².